The Morgan fingerprint density at radius 3 is 2.27 bits per heavy atom. The second kappa shape index (κ2) is 10.4. The number of para-hydroxylation sites is 1. The van der Waals surface area contributed by atoms with Crippen molar-refractivity contribution < 1.29 is 17.9 Å². The number of rotatable bonds is 7. The van der Waals surface area contributed by atoms with Crippen LogP contribution in [-0.4, -0.2) is 31.7 Å². The second-order valence-corrected chi connectivity index (χ2v) is 10.4. The molecule has 1 aliphatic rings. The number of hydrogen-bond donors (Lipinski definition) is 1. The van der Waals surface area contributed by atoms with Gasteiger partial charge in [-0.2, -0.15) is 0 Å². The highest BCUT2D eigenvalue weighted by atomic mass is 35.5. The number of nitrogens with one attached hydrogen (secondary N) is 1. The Labute approximate surface area is 199 Å². The zero-order valence-corrected chi connectivity index (χ0v) is 19.6. The van der Waals surface area contributed by atoms with Gasteiger partial charge in [-0.25, -0.2) is 12.7 Å². The van der Waals surface area contributed by atoms with E-state index in [2.05, 4.69) is 5.32 Å². The lowest BCUT2D eigenvalue weighted by Gasteiger charge is -2.30. The van der Waals surface area contributed by atoms with Crippen LogP contribution in [0, 0.1) is 5.92 Å². The number of hydrogen-bond acceptors (Lipinski definition) is 4. The van der Waals surface area contributed by atoms with Gasteiger partial charge in [0, 0.05) is 24.0 Å². The molecule has 8 heteroatoms. The number of carbonyl (C=O) groups is 1. The van der Waals surface area contributed by atoms with Gasteiger partial charge in [0.25, 0.3) is 0 Å². The van der Waals surface area contributed by atoms with E-state index < -0.39 is 10.0 Å². The number of nitrogens with zero attached hydrogens (tertiary/aromatic N) is 1. The summed E-state index contributed by atoms with van der Waals surface area (Å²) in [4.78, 5) is 13.0. The van der Waals surface area contributed by atoms with E-state index in [1.807, 2.05) is 48.5 Å². The molecule has 3 aromatic rings. The molecular formula is C25H25ClN2O4S. The first-order valence-corrected chi connectivity index (χ1v) is 12.7. The van der Waals surface area contributed by atoms with Gasteiger partial charge in [-0.15, -0.1) is 0 Å². The normalized spacial score (nSPS) is 15.2. The van der Waals surface area contributed by atoms with Crippen molar-refractivity contribution in [1.29, 1.82) is 0 Å². The van der Waals surface area contributed by atoms with Crippen molar-refractivity contribution in [2.45, 2.75) is 18.6 Å². The molecule has 3 aromatic carbocycles. The summed E-state index contributed by atoms with van der Waals surface area (Å²) >= 11 is 6.14. The molecular weight excluding hydrogens is 460 g/mol. The van der Waals surface area contributed by atoms with Gasteiger partial charge in [0.1, 0.15) is 5.75 Å². The summed E-state index contributed by atoms with van der Waals surface area (Å²) in [6, 6.07) is 23.5. The molecule has 0 spiro atoms. The van der Waals surface area contributed by atoms with Crippen molar-refractivity contribution in [3.05, 3.63) is 89.4 Å². The summed E-state index contributed by atoms with van der Waals surface area (Å²) < 4.78 is 32.9. The average Bonchev–Trinajstić information content (AvgIpc) is 2.82. The van der Waals surface area contributed by atoms with Gasteiger partial charge in [0.2, 0.25) is 15.9 Å². The predicted molar refractivity (Wildman–Crippen MR) is 130 cm³/mol. The number of piperidine rings is 1. The fourth-order valence-corrected chi connectivity index (χ4v) is 5.55. The average molecular weight is 485 g/mol. The Kier molecular flexibility index (Phi) is 7.33. The monoisotopic (exact) mass is 484 g/mol. The molecule has 0 saturated carbocycles. The zero-order valence-electron chi connectivity index (χ0n) is 18.0. The van der Waals surface area contributed by atoms with Crippen LogP contribution < -0.4 is 10.1 Å². The van der Waals surface area contributed by atoms with E-state index in [0.717, 1.165) is 5.56 Å². The fraction of sp³-hybridized carbons (Fsp3) is 0.240. The van der Waals surface area contributed by atoms with E-state index in [9.17, 15) is 13.2 Å². The topological polar surface area (TPSA) is 75.7 Å². The van der Waals surface area contributed by atoms with Crippen LogP contribution in [0.25, 0.3) is 0 Å². The third kappa shape index (κ3) is 6.13. The van der Waals surface area contributed by atoms with Crippen molar-refractivity contribution in [3.63, 3.8) is 0 Å². The van der Waals surface area contributed by atoms with Crippen LogP contribution in [0.2, 0.25) is 5.02 Å². The first-order valence-electron chi connectivity index (χ1n) is 10.8. The molecule has 1 aliphatic heterocycles. The summed E-state index contributed by atoms with van der Waals surface area (Å²) in [5, 5.41) is 3.40. The number of carbonyl (C=O) groups excluding carboxylic acids is 1. The molecule has 0 bridgehead atoms. The number of ether oxygens (including phenoxy) is 1. The number of halogens is 1. The maximum absolute atomic E-state index is 13.0. The fourth-order valence-electron chi connectivity index (χ4n) is 3.81. The van der Waals surface area contributed by atoms with E-state index in [0.29, 0.717) is 48.1 Å². The second-order valence-electron chi connectivity index (χ2n) is 7.96. The van der Waals surface area contributed by atoms with Gasteiger partial charge in [0.05, 0.1) is 11.4 Å². The molecule has 0 unspecified atom stereocenters. The molecule has 0 aromatic heterocycles. The minimum atomic E-state index is -3.43. The standard InChI is InChI=1S/C25H25ClN2O4S/c26-21-11-12-24(32-22-9-5-2-6-10-22)23(17-21)27-25(29)20-13-15-28(16-14-20)33(30,31)18-19-7-3-1-4-8-19/h1-12,17,20H,13-16,18H2,(H,27,29). The van der Waals surface area contributed by atoms with Crippen LogP contribution in [0.15, 0.2) is 78.9 Å². The van der Waals surface area contributed by atoms with Crippen LogP contribution >= 0.6 is 11.6 Å². The first-order chi connectivity index (χ1) is 15.9. The Hall–Kier alpha value is -2.87. The first kappa shape index (κ1) is 23.3. The third-order valence-electron chi connectivity index (χ3n) is 5.58. The summed E-state index contributed by atoms with van der Waals surface area (Å²) in [7, 11) is -3.43. The van der Waals surface area contributed by atoms with Gasteiger partial charge in [-0.1, -0.05) is 60.1 Å². The number of sulfonamides is 1. The molecule has 1 heterocycles. The Balaban J connectivity index is 1.38. The maximum Gasteiger partial charge on any atom is 0.227 e. The van der Waals surface area contributed by atoms with E-state index in [1.54, 1.807) is 30.3 Å². The van der Waals surface area contributed by atoms with Gasteiger partial charge >= 0.3 is 0 Å². The van der Waals surface area contributed by atoms with E-state index >= 15 is 0 Å². The van der Waals surface area contributed by atoms with Crippen molar-refractivity contribution in [1.82, 2.24) is 4.31 Å². The Morgan fingerprint density at radius 2 is 1.61 bits per heavy atom. The summed E-state index contributed by atoms with van der Waals surface area (Å²) in [5.41, 5.74) is 1.24. The molecule has 172 valence electrons. The lowest BCUT2D eigenvalue weighted by molar-refractivity contribution is -0.120. The summed E-state index contributed by atoms with van der Waals surface area (Å²) in [5.74, 6) is 0.633. The Morgan fingerprint density at radius 1 is 0.970 bits per heavy atom. The van der Waals surface area contributed by atoms with Gasteiger partial charge in [-0.05, 0) is 48.7 Å². The molecule has 1 fully saturated rings. The highest BCUT2D eigenvalue weighted by Gasteiger charge is 2.31. The molecule has 0 radical (unpaired) electrons. The molecule has 1 saturated heterocycles. The van der Waals surface area contributed by atoms with Crippen LogP contribution in [0.1, 0.15) is 18.4 Å². The number of amides is 1. The molecule has 1 amide bonds. The maximum atomic E-state index is 13.0. The molecule has 6 nitrogen and oxygen atoms in total. The minimum Gasteiger partial charge on any atom is -0.455 e. The van der Waals surface area contributed by atoms with Crippen molar-refractivity contribution in [3.8, 4) is 11.5 Å². The largest absolute Gasteiger partial charge is 0.455 e. The number of benzene rings is 3. The van der Waals surface area contributed by atoms with Crippen molar-refractivity contribution in [2.24, 2.45) is 5.92 Å². The number of anilines is 1. The Bertz CT molecular complexity index is 1200. The third-order valence-corrected chi connectivity index (χ3v) is 7.67. The van der Waals surface area contributed by atoms with Gasteiger partial charge in [0.15, 0.2) is 5.75 Å². The van der Waals surface area contributed by atoms with Crippen LogP contribution in [0.3, 0.4) is 0 Å². The van der Waals surface area contributed by atoms with Crippen molar-refractivity contribution in [2.75, 3.05) is 18.4 Å². The highest BCUT2D eigenvalue weighted by Crippen LogP contribution is 2.33. The molecule has 0 aliphatic carbocycles. The van der Waals surface area contributed by atoms with E-state index in [1.165, 1.54) is 4.31 Å². The highest BCUT2D eigenvalue weighted by molar-refractivity contribution is 7.88. The van der Waals surface area contributed by atoms with Gasteiger partial charge < -0.3 is 10.1 Å². The SMILES string of the molecule is O=C(Nc1cc(Cl)ccc1Oc1ccccc1)C1CCN(S(=O)(=O)Cc2ccccc2)CC1. The van der Waals surface area contributed by atoms with Gasteiger partial charge in [-0.3, -0.25) is 4.79 Å². The van der Waals surface area contributed by atoms with Crippen molar-refractivity contribution >= 4 is 33.2 Å². The molecule has 1 N–H and O–H groups in total. The molecule has 0 atom stereocenters. The van der Waals surface area contributed by atoms with Crippen LogP contribution in [-0.2, 0) is 20.6 Å². The predicted octanol–water partition coefficient (Wildman–Crippen LogP) is 5.31. The van der Waals surface area contributed by atoms with Crippen LogP contribution in [0.4, 0.5) is 5.69 Å². The molecule has 4 rings (SSSR count). The lowest BCUT2D eigenvalue weighted by atomic mass is 9.97. The summed E-state index contributed by atoms with van der Waals surface area (Å²) in [6.45, 7) is 0.631. The molecule has 33 heavy (non-hydrogen) atoms. The van der Waals surface area contributed by atoms with E-state index in [-0.39, 0.29) is 17.6 Å². The summed E-state index contributed by atoms with van der Waals surface area (Å²) in [6.07, 6.45) is 0.907. The smallest absolute Gasteiger partial charge is 0.227 e. The zero-order chi connectivity index (χ0) is 23.3. The quantitative estimate of drug-likeness (QED) is 0.493. The van der Waals surface area contributed by atoms with E-state index in [4.69, 9.17) is 16.3 Å². The lowest BCUT2D eigenvalue weighted by Crippen LogP contribution is -2.41. The minimum absolute atomic E-state index is 0.0343. The van der Waals surface area contributed by atoms with Crippen LogP contribution in [0.5, 0.6) is 11.5 Å².